The molecule has 2 saturated heterocycles. The Hall–Kier alpha value is -2.35. The number of H-pyrrole nitrogens is 2. The van der Waals surface area contributed by atoms with Gasteiger partial charge in [-0.3, -0.25) is 33.2 Å². The molecule has 0 bridgehead atoms. The summed E-state index contributed by atoms with van der Waals surface area (Å²) in [4.78, 5) is 61.4. The molecule has 204 valence electrons. The summed E-state index contributed by atoms with van der Waals surface area (Å²) in [5.41, 5.74) is -3.22. The molecule has 0 amide bonds. The summed E-state index contributed by atoms with van der Waals surface area (Å²) < 4.78 is 23.2. The lowest BCUT2D eigenvalue weighted by molar-refractivity contribution is -0.0609. The predicted molar refractivity (Wildman–Crippen MR) is 123 cm³/mol. The molecule has 17 nitrogen and oxygen atoms in total. The first-order valence-corrected chi connectivity index (χ1v) is 13.3. The first kappa shape index (κ1) is 27.7. The van der Waals surface area contributed by atoms with E-state index in [1.165, 1.54) is 0 Å². The Labute approximate surface area is 210 Å². The van der Waals surface area contributed by atoms with Crippen molar-refractivity contribution in [2.45, 2.75) is 49.1 Å². The molecule has 37 heavy (non-hydrogen) atoms. The highest BCUT2D eigenvalue weighted by atomic mass is 32.5. The minimum atomic E-state index is -4.27. The second-order valence-electron chi connectivity index (χ2n) is 8.15. The van der Waals surface area contributed by atoms with Crippen molar-refractivity contribution in [2.75, 3.05) is 13.2 Å². The van der Waals surface area contributed by atoms with E-state index in [4.69, 9.17) is 30.3 Å². The molecule has 2 aliphatic heterocycles. The fourth-order valence-electron chi connectivity index (χ4n) is 3.91. The van der Waals surface area contributed by atoms with E-state index in [9.17, 15) is 44.5 Å². The molecule has 19 heteroatoms. The van der Waals surface area contributed by atoms with Crippen molar-refractivity contribution < 1.29 is 43.8 Å². The number of rotatable bonds is 8. The normalized spacial score (nSPS) is 33.4. The fourth-order valence-corrected chi connectivity index (χ4v) is 5.32. The third-order valence-electron chi connectivity index (χ3n) is 5.74. The third-order valence-corrected chi connectivity index (χ3v) is 7.30. The molecule has 0 spiro atoms. The minimum absolute atomic E-state index is 0.642. The van der Waals surface area contributed by atoms with E-state index >= 15 is 0 Å². The molecule has 2 fully saturated rings. The van der Waals surface area contributed by atoms with Gasteiger partial charge in [0.2, 0.25) is 0 Å². The maximum Gasteiger partial charge on any atom is 0.330 e. The lowest BCUT2D eigenvalue weighted by atomic mass is 10.1. The van der Waals surface area contributed by atoms with Gasteiger partial charge in [0, 0.05) is 24.5 Å². The van der Waals surface area contributed by atoms with Gasteiger partial charge < -0.3 is 39.3 Å². The molecule has 0 aliphatic carbocycles. The van der Waals surface area contributed by atoms with E-state index < -0.39 is 91.5 Å². The number of nitrogens with one attached hydrogen (secondary N) is 2. The van der Waals surface area contributed by atoms with Crippen molar-refractivity contribution in [2.24, 2.45) is 0 Å². The summed E-state index contributed by atoms with van der Waals surface area (Å²) in [7, 11) is 0. The lowest BCUT2D eigenvalue weighted by Crippen LogP contribution is -2.39. The molecular weight excluding hydrogens is 543 g/mol. The zero-order valence-corrected chi connectivity index (χ0v) is 20.3. The average molecular weight is 566 g/mol. The van der Waals surface area contributed by atoms with E-state index in [0.717, 1.165) is 33.7 Å². The fraction of sp³-hybridized carbons (Fsp3) is 0.556. The van der Waals surface area contributed by atoms with Gasteiger partial charge in [-0.25, -0.2) is 9.59 Å². The number of ether oxygens (including phenoxy) is 2. The molecule has 7 N–H and O–H groups in total. The summed E-state index contributed by atoms with van der Waals surface area (Å²) in [5.74, 6) is 0. The van der Waals surface area contributed by atoms with Gasteiger partial charge in [-0.05, 0) is 11.8 Å². The topological polar surface area (TPSA) is 248 Å². The Morgan fingerprint density at radius 2 is 1.43 bits per heavy atom. The Morgan fingerprint density at radius 1 is 0.892 bits per heavy atom. The van der Waals surface area contributed by atoms with Crippen LogP contribution in [0.25, 0.3) is 0 Å². The standard InChI is InChI=1S/C18H23N4O13PS/c23-5-7-12(27)14(16(33-7)22-4-2-10(25)20-18(22)30)35-36(31,37)32-6-8-11(26)13(28)15(34-8)21-3-1-9(24)19-17(21)29/h1-4,7-8,11-16,23,26-28H,5-6H2,(H,31,37)(H,19,24,29)(H,20,25,30)/t7-,8-,11-,12-,13-,14-,15-,16-,36?/m1/s1. The van der Waals surface area contributed by atoms with Gasteiger partial charge in [0.05, 0.1) is 13.2 Å². The number of aliphatic hydroxyl groups excluding tert-OH is 4. The molecule has 9 atom stereocenters. The smallest absolute Gasteiger partial charge is 0.330 e. The molecule has 0 saturated carbocycles. The number of hydrogen-bond donors (Lipinski definition) is 7. The van der Waals surface area contributed by atoms with Crippen LogP contribution in [-0.2, 0) is 30.3 Å². The van der Waals surface area contributed by atoms with E-state index in [2.05, 4.69) is 0 Å². The van der Waals surface area contributed by atoms with Crippen molar-refractivity contribution in [3.63, 3.8) is 0 Å². The molecule has 4 rings (SSSR count). The maximum atomic E-state index is 12.2. The first-order chi connectivity index (χ1) is 17.4. The summed E-state index contributed by atoms with van der Waals surface area (Å²) in [5, 5.41) is 40.6. The van der Waals surface area contributed by atoms with Crippen LogP contribution < -0.4 is 22.5 Å². The molecule has 2 aromatic rings. The third kappa shape index (κ3) is 5.74. The van der Waals surface area contributed by atoms with Gasteiger partial charge in [0.25, 0.3) is 11.1 Å². The maximum absolute atomic E-state index is 12.2. The van der Waals surface area contributed by atoms with Crippen LogP contribution in [-0.4, -0.2) is 94.3 Å². The number of aromatic nitrogens is 4. The Bertz CT molecular complexity index is 1410. The van der Waals surface area contributed by atoms with E-state index in [1.807, 2.05) is 9.97 Å². The molecule has 2 aliphatic rings. The van der Waals surface area contributed by atoms with E-state index in [0.29, 0.717) is 0 Å². The van der Waals surface area contributed by atoms with Crippen LogP contribution in [0.4, 0.5) is 0 Å². The highest BCUT2D eigenvalue weighted by molar-refractivity contribution is 8.07. The van der Waals surface area contributed by atoms with Crippen molar-refractivity contribution in [1.82, 2.24) is 19.1 Å². The molecule has 2 aromatic heterocycles. The molecule has 0 aromatic carbocycles. The van der Waals surface area contributed by atoms with Gasteiger partial charge in [0.1, 0.15) is 36.6 Å². The Balaban J connectivity index is 1.47. The largest absolute Gasteiger partial charge is 0.394 e. The predicted octanol–water partition coefficient (Wildman–Crippen LogP) is -4.42. The number of nitrogens with zero attached hydrogens (tertiary/aromatic N) is 2. The Kier molecular flexibility index (Phi) is 8.07. The summed E-state index contributed by atoms with van der Waals surface area (Å²) >= 11 is 4.98. The van der Waals surface area contributed by atoms with Crippen LogP contribution in [0.2, 0.25) is 0 Å². The summed E-state index contributed by atoms with van der Waals surface area (Å²) in [6, 6.07) is 2.01. The highest BCUT2D eigenvalue weighted by Crippen LogP contribution is 2.49. The van der Waals surface area contributed by atoms with Crippen LogP contribution >= 0.6 is 6.72 Å². The number of aromatic amines is 2. The minimum Gasteiger partial charge on any atom is -0.394 e. The van der Waals surface area contributed by atoms with Gasteiger partial charge in [-0.2, -0.15) is 0 Å². The SMILES string of the molecule is O=c1ccn([C@@H]2O[C@H](COP(O)(=S)O[C@@H]3[C@H](O)[C@@H](CO)O[C@H]3n3ccc(=O)[nH]c3=O)[C@@H](O)[C@H]2O)c(=O)[nH]1. The average Bonchev–Trinajstić information content (AvgIpc) is 3.28. The van der Waals surface area contributed by atoms with Gasteiger partial charge >= 0.3 is 18.1 Å². The van der Waals surface area contributed by atoms with Crippen molar-refractivity contribution in [3.05, 3.63) is 66.2 Å². The summed E-state index contributed by atoms with van der Waals surface area (Å²) in [6.07, 6.45) is -9.63. The van der Waals surface area contributed by atoms with Crippen LogP contribution in [0.3, 0.4) is 0 Å². The van der Waals surface area contributed by atoms with E-state index in [-0.39, 0.29) is 0 Å². The first-order valence-electron chi connectivity index (χ1n) is 10.7. The van der Waals surface area contributed by atoms with Crippen molar-refractivity contribution in [1.29, 1.82) is 0 Å². The van der Waals surface area contributed by atoms with Crippen molar-refractivity contribution in [3.8, 4) is 0 Å². The van der Waals surface area contributed by atoms with Gasteiger partial charge in [-0.15, -0.1) is 0 Å². The lowest BCUT2D eigenvalue weighted by Gasteiger charge is -2.27. The number of hydrogen-bond acceptors (Lipinski definition) is 13. The van der Waals surface area contributed by atoms with Gasteiger partial charge in [0.15, 0.2) is 12.5 Å². The van der Waals surface area contributed by atoms with Crippen LogP contribution in [0.15, 0.2) is 43.7 Å². The van der Waals surface area contributed by atoms with E-state index in [1.54, 1.807) is 0 Å². The second kappa shape index (κ2) is 10.8. The molecule has 4 heterocycles. The second-order valence-corrected chi connectivity index (χ2v) is 10.9. The zero-order valence-electron chi connectivity index (χ0n) is 18.6. The van der Waals surface area contributed by atoms with Gasteiger partial charge in [-0.1, -0.05) is 0 Å². The molecular formula is C18H23N4O13PS. The highest BCUT2D eigenvalue weighted by Gasteiger charge is 2.49. The zero-order chi connectivity index (χ0) is 27.1. The van der Waals surface area contributed by atoms with Crippen molar-refractivity contribution >= 4 is 18.5 Å². The Morgan fingerprint density at radius 3 is 1.97 bits per heavy atom. The summed E-state index contributed by atoms with van der Waals surface area (Å²) in [6.45, 7) is -5.60. The quantitative estimate of drug-likeness (QED) is 0.149. The molecule has 1 unspecified atom stereocenters. The monoisotopic (exact) mass is 566 g/mol. The molecule has 0 radical (unpaired) electrons. The van der Waals surface area contributed by atoms with Crippen LogP contribution in [0, 0.1) is 0 Å². The van der Waals surface area contributed by atoms with Crippen LogP contribution in [0.1, 0.15) is 12.5 Å². The number of aliphatic hydroxyl groups is 4. The van der Waals surface area contributed by atoms with Crippen LogP contribution in [0.5, 0.6) is 0 Å².